The zero-order chi connectivity index (χ0) is 8.97. The molecule has 2 nitrogen and oxygen atoms in total. The van der Waals surface area contributed by atoms with Gasteiger partial charge in [0.25, 0.3) is 0 Å². The van der Waals surface area contributed by atoms with Crippen LogP contribution in [-0.2, 0) is 0 Å². The third-order valence-corrected chi connectivity index (χ3v) is 1.74. The van der Waals surface area contributed by atoms with Gasteiger partial charge in [-0.3, -0.25) is 0 Å². The van der Waals surface area contributed by atoms with Gasteiger partial charge in [0.15, 0.2) is 0 Å². The highest BCUT2D eigenvalue weighted by atomic mass is 16.3. The van der Waals surface area contributed by atoms with Gasteiger partial charge in [-0.05, 0) is 24.1 Å². The van der Waals surface area contributed by atoms with Gasteiger partial charge in [-0.2, -0.15) is 0 Å². The van der Waals surface area contributed by atoms with E-state index in [2.05, 4.69) is 6.58 Å². The molecule has 1 atom stereocenters. The maximum Gasteiger partial charge on any atom is 0.115 e. The van der Waals surface area contributed by atoms with Crippen molar-refractivity contribution < 1.29 is 5.11 Å². The van der Waals surface area contributed by atoms with E-state index in [9.17, 15) is 0 Å². The summed E-state index contributed by atoms with van der Waals surface area (Å²) in [5.74, 6) is 0.268. The Balaban J connectivity index is 2.74. The predicted molar refractivity (Wildman–Crippen MR) is 49.8 cm³/mol. The Hall–Kier alpha value is -1.28. The Morgan fingerprint density at radius 2 is 2.00 bits per heavy atom. The largest absolute Gasteiger partial charge is 0.508 e. The van der Waals surface area contributed by atoms with E-state index < -0.39 is 0 Å². The maximum absolute atomic E-state index is 9.01. The molecule has 0 spiro atoms. The van der Waals surface area contributed by atoms with Crippen LogP contribution in [0.5, 0.6) is 5.75 Å². The molecule has 0 fully saturated rings. The van der Waals surface area contributed by atoms with Crippen molar-refractivity contribution in [2.75, 3.05) is 0 Å². The molecule has 0 aromatic heterocycles. The summed E-state index contributed by atoms with van der Waals surface area (Å²) in [6.45, 7) is 3.61. The summed E-state index contributed by atoms with van der Waals surface area (Å²) in [6, 6.07) is 6.91. The van der Waals surface area contributed by atoms with E-state index in [0.29, 0.717) is 0 Å². The summed E-state index contributed by atoms with van der Waals surface area (Å²) in [5, 5.41) is 9.01. The highest BCUT2D eigenvalue weighted by Gasteiger charge is 2.02. The fourth-order valence-electron chi connectivity index (χ4n) is 1.04. The molecule has 3 N–H and O–H groups in total. The van der Waals surface area contributed by atoms with Crippen LogP contribution in [0.15, 0.2) is 36.9 Å². The second-order valence-corrected chi connectivity index (χ2v) is 2.72. The second kappa shape index (κ2) is 3.93. The van der Waals surface area contributed by atoms with Gasteiger partial charge < -0.3 is 10.8 Å². The first-order valence-corrected chi connectivity index (χ1v) is 3.89. The lowest BCUT2D eigenvalue weighted by molar-refractivity contribution is 0.475. The molecule has 0 saturated heterocycles. The van der Waals surface area contributed by atoms with Crippen LogP contribution in [0.2, 0.25) is 0 Å². The van der Waals surface area contributed by atoms with Gasteiger partial charge in [0, 0.05) is 6.04 Å². The standard InChI is InChI=1S/C10H13NO/c1-2-3-10(11)8-4-6-9(12)7-5-8/h2,4-7,10,12H,1,3,11H2/t10-/m0/s1. The first kappa shape index (κ1) is 8.81. The highest BCUT2D eigenvalue weighted by Crippen LogP contribution is 2.17. The van der Waals surface area contributed by atoms with Crippen LogP contribution < -0.4 is 5.73 Å². The third kappa shape index (κ3) is 2.10. The Kier molecular flexibility index (Phi) is 2.88. The molecule has 1 aromatic carbocycles. The molecule has 64 valence electrons. The van der Waals surface area contributed by atoms with Gasteiger partial charge in [0.2, 0.25) is 0 Å². The SMILES string of the molecule is C=CC[C@H](N)c1ccc(O)cc1. The van der Waals surface area contributed by atoms with Gasteiger partial charge in [-0.25, -0.2) is 0 Å². The monoisotopic (exact) mass is 163 g/mol. The van der Waals surface area contributed by atoms with Crippen molar-refractivity contribution in [3.8, 4) is 5.75 Å². The Bertz CT molecular complexity index is 253. The highest BCUT2D eigenvalue weighted by molar-refractivity contribution is 5.27. The van der Waals surface area contributed by atoms with Crippen molar-refractivity contribution in [2.45, 2.75) is 12.5 Å². The molecule has 0 aliphatic carbocycles. The van der Waals surface area contributed by atoms with Crippen LogP contribution in [0.1, 0.15) is 18.0 Å². The fourth-order valence-corrected chi connectivity index (χ4v) is 1.04. The number of phenolic OH excluding ortho intramolecular Hbond substituents is 1. The Morgan fingerprint density at radius 1 is 1.42 bits per heavy atom. The van der Waals surface area contributed by atoms with Crippen LogP contribution in [-0.4, -0.2) is 5.11 Å². The van der Waals surface area contributed by atoms with Crippen molar-refractivity contribution in [1.29, 1.82) is 0 Å². The number of phenols is 1. The molecule has 0 bridgehead atoms. The van der Waals surface area contributed by atoms with Gasteiger partial charge in [-0.15, -0.1) is 6.58 Å². The van der Waals surface area contributed by atoms with E-state index in [0.717, 1.165) is 12.0 Å². The number of hydrogen-bond donors (Lipinski definition) is 2. The predicted octanol–water partition coefficient (Wildman–Crippen LogP) is 1.97. The Labute approximate surface area is 72.3 Å². The average Bonchev–Trinajstić information content (AvgIpc) is 2.06. The minimum Gasteiger partial charge on any atom is -0.508 e. The van der Waals surface area contributed by atoms with Crippen molar-refractivity contribution in [3.63, 3.8) is 0 Å². The first-order valence-electron chi connectivity index (χ1n) is 3.89. The van der Waals surface area contributed by atoms with Crippen molar-refractivity contribution in [1.82, 2.24) is 0 Å². The lowest BCUT2D eigenvalue weighted by atomic mass is 10.1. The quantitative estimate of drug-likeness (QED) is 0.669. The summed E-state index contributed by atoms with van der Waals surface area (Å²) < 4.78 is 0. The van der Waals surface area contributed by atoms with Crippen molar-refractivity contribution in [2.24, 2.45) is 5.73 Å². The van der Waals surface area contributed by atoms with Crippen molar-refractivity contribution in [3.05, 3.63) is 42.5 Å². The normalized spacial score (nSPS) is 12.4. The van der Waals surface area contributed by atoms with E-state index >= 15 is 0 Å². The van der Waals surface area contributed by atoms with Gasteiger partial charge in [-0.1, -0.05) is 18.2 Å². The summed E-state index contributed by atoms with van der Waals surface area (Å²) in [5.41, 5.74) is 6.82. The molecule has 0 heterocycles. The first-order chi connectivity index (χ1) is 5.74. The number of rotatable bonds is 3. The maximum atomic E-state index is 9.01. The van der Waals surface area contributed by atoms with Crippen LogP contribution in [0.3, 0.4) is 0 Å². The van der Waals surface area contributed by atoms with Gasteiger partial charge in [0.1, 0.15) is 5.75 Å². The van der Waals surface area contributed by atoms with Crippen LogP contribution >= 0.6 is 0 Å². The zero-order valence-electron chi connectivity index (χ0n) is 6.90. The molecule has 0 amide bonds. The third-order valence-electron chi connectivity index (χ3n) is 1.74. The lowest BCUT2D eigenvalue weighted by Crippen LogP contribution is -2.08. The molecule has 0 aliphatic heterocycles. The molecule has 0 saturated carbocycles. The van der Waals surface area contributed by atoms with Crippen LogP contribution in [0, 0.1) is 0 Å². The molecular weight excluding hydrogens is 150 g/mol. The van der Waals surface area contributed by atoms with E-state index in [1.165, 1.54) is 0 Å². The molecule has 1 aromatic rings. The second-order valence-electron chi connectivity index (χ2n) is 2.72. The number of benzene rings is 1. The van der Waals surface area contributed by atoms with Crippen LogP contribution in [0.25, 0.3) is 0 Å². The minimum atomic E-state index is -0.0110. The summed E-state index contributed by atoms with van der Waals surface area (Å²) >= 11 is 0. The molecular formula is C10H13NO. The number of aromatic hydroxyl groups is 1. The van der Waals surface area contributed by atoms with Gasteiger partial charge >= 0.3 is 0 Å². The number of nitrogens with two attached hydrogens (primary N) is 1. The smallest absolute Gasteiger partial charge is 0.115 e. The summed E-state index contributed by atoms with van der Waals surface area (Å²) in [7, 11) is 0. The van der Waals surface area contributed by atoms with E-state index in [4.69, 9.17) is 10.8 Å². The molecule has 0 aliphatic rings. The fraction of sp³-hybridized carbons (Fsp3) is 0.200. The lowest BCUT2D eigenvalue weighted by Gasteiger charge is -2.08. The molecule has 0 radical (unpaired) electrons. The van der Waals surface area contributed by atoms with Gasteiger partial charge in [0.05, 0.1) is 0 Å². The number of hydrogen-bond acceptors (Lipinski definition) is 2. The minimum absolute atomic E-state index is 0.0110. The average molecular weight is 163 g/mol. The molecule has 1 rings (SSSR count). The summed E-state index contributed by atoms with van der Waals surface area (Å²) in [4.78, 5) is 0. The van der Waals surface area contributed by atoms with Crippen molar-refractivity contribution >= 4 is 0 Å². The Morgan fingerprint density at radius 3 is 2.50 bits per heavy atom. The molecule has 12 heavy (non-hydrogen) atoms. The summed E-state index contributed by atoms with van der Waals surface area (Å²) in [6.07, 6.45) is 2.54. The van der Waals surface area contributed by atoms with E-state index in [-0.39, 0.29) is 11.8 Å². The van der Waals surface area contributed by atoms with Crippen LogP contribution in [0.4, 0.5) is 0 Å². The molecule has 2 heteroatoms. The van der Waals surface area contributed by atoms with E-state index in [1.54, 1.807) is 18.2 Å². The molecule has 0 unspecified atom stereocenters. The van der Waals surface area contributed by atoms with E-state index in [1.807, 2.05) is 12.1 Å². The topological polar surface area (TPSA) is 46.2 Å². The zero-order valence-corrected chi connectivity index (χ0v) is 6.90.